The third-order valence-corrected chi connectivity index (χ3v) is 9.19. The molecule has 0 spiro atoms. The number of amides is 2. The van der Waals surface area contributed by atoms with E-state index >= 15 is 0 Å². The van der Waals surface area contributed by atoms with Crippen LogP contribution in [0, 0.1) is 0 Å². The first-order valence-corrected chi connectivity index (χ1v) is 12.6. The quantitative estimate of drug-likeness (QED) is 0.345. The molecule has 5 rings (SSSR count). The van der Waals surface area contributed by atoms with Crippen LogP contribution in [-0.2, 0) is 14.3 Å². The zero-order chi connectivity index (χ0) is 22.2. The lowest BCUT2D eigenvalue weighted by Gasteiger charge is -2.56. The fraction of sp³-hybridized carbons (Fsp3) is 0.905. The largest absolute Gasteiger partial charge is 0.391 e. The summed E-state index contributed by atoms with van der Waals surface area (Å²) in [6, 6.07) is 0.312. The summed E-state index contributed by atoms with van der Waals surface area (Å²) in [5.74, 6) is -0.262. The van der Waals surface area contributed by atoms with Crippen molar-refractivity contribution in [3.8, 4) is 0 Å². The molecule has 5 aliphatic rings. The predicted molar refractivity (Wildman–Crippen MR) is 118 cm³/mol. The van der Waals surface area contributed by atoms with Crippen molar-refractivity contribution >= 4 is 35.4 Å². The van der Waals surface area contributed by atoms with Gasteiger partial charge in [0.05, 0.1) is 28.4 Å². The third kappa shape index (κ3) is 5.16. The van der Waals surface area contributed by atoms with Crippen molar-refractivity contribution in [2.24, 2.45) is 0 Å². The van der Waals surface area contributed by atoms with Crippen LogP contribution in [0.3, 0.4) is 0 Å². The summed E-state index contributed by atoms with van der Waals surface area (Å²) in [4.78, 5) is 25.3. The van der Waals surface area contributed by atoms with Gasteiger partial charge < -0.3 is 20.5 Å². The monoisotopic (exact) mass is 477 g/mol. The molecule has 4 aliphatic carbocycles. The van der Waals surface area contributed by atoms with Gasteiger partial charge in [0.1, 0.15) is 12.8 Å². The first-order valence-electron chi connectivity index (χ1n) is 11.3. The van der Waals surface area contributed by atoms with E-state index in [1.54, 1.807) is 0 Å². The highest BCUT2D eigenvalue weighted by molar-refractivity contribution is 7.99. The summed E-state index contributed by atoms with van der Waals surface area (Å²) in [7, 11) is 0. The van der Waals surface area contributed by atoms with E-state index in [-0.39, 0.29) is 36.2 Å². The van der Waals surface area contributed by atoms with Gasteiger partial charge in [-0.2, -0.15) is 0 Å². The Morgan fingerprint density at radius 2 is 1.97 bits per heavy atom. The molecule has 0 radical (unpaired) electrons. The van der Waals surface area contributed by atoms with Crippen molar-refractivity contribution in [3.05, 3.63) is 0 Å². The zero-order valence-corrected chi connectivity index (χ0v) is 19.4. The van der Waals surface area contributed by atoms with E-state index in [0.717, 1.165) is 19.3 Å². The van der Waals surface area contributed by atoms with Gasteiger partial charge in [0.25, 0.3) is 0 Å². The van der Waals surface area contributed by atoms with Crippen LogP contribution < -0.4 is 15.4 Å². The van der Waals surface area contributed by atoms with Crippen molar-refractivity contribution in [3.63, 3.8) is 0 Å². The van der Waals surface area contributed by atoms with Gasteiger partial charge in [-0.15, -0.1) is 11.6 Å². The normalized spacial score (nSPS) is 44.8. The summed E-state index contributed by atoms with van der Waals surface area (Å²) < 4.78 is 22.6. The highest BCUT2D eigenvalue weighted by Crippen LogP contribution is 2.47. The van der Waals surface area contributed by atoms with Gasteiger partial charge in [-0.25, -0.2) is 4.39 Å². The minimum atomic E-state index is -1.11. The second-order valence-electron chi connectivity index (χ2n) is 9.83. The molecule has 2 bridgehead atoms. The number of halogens is 2. The Morgan fingerprint density at radius 3 is 2.58 bits per heavy atom. The first kappa shape index (κ1) is 23.5. The van der Waals surface area contributed by atoms with Gasteiger partial charge in [-0.3, -0.25) is 14.3 Å². The van der Waals surface area contributed by atoms with Crippen molar-refractivity contribution in [1.82, 2.24) is 15.4 Å². The van der Waals surface area contributed by atoms with E-state index in [4.69, 9.17) is 16.3 Å². The fourth-order valence-corrected chi connectivity index (χ4v) is 6.75. The summed E-state index contributed by atoms with van der Waals surface area (Å²) >= 11 is 7.37. The number of nitrogens with one attached hydrogen (secondary N) is 3. The zero-order valence-electron chi connectivity index (χ0n) is 17.9. The summed E-state index contributed by atoms with van der Waals surface area (Å²) in [5, 5.41) is 16.5. The number of ether oxygens (including phenoxy) is 1. The number of aliphatic hydroxyl groups is 1. The third-order valence-electron chi connectivity index (χ3n) is 7.46. The van der Waals surface area contributed by atoms with E-state index in [2.05, 4.69) is 22.3 Å². The topological polar surface area (TPSA) is 99.7 Å². The molecule has 4 N–H and O–H groups in total. The predicted octanol–water partition coefficient (Wildman–Crippen LogP) is 1.95. The standard InChI is InChI=1S/C21H33ClFN3O4S/c1-12-8-16(31-26-12)19(29)25-20-4-6-21(7-5-20,17(27)10-20)24-18(28)11-30-13-2-3-14(22)15(23)9-13/h12-17,26-27H,2-11H2,1H3,(H,24,28)(H,25,29)/t12?,13?,14?,15?,16?,17-,20?,21?/m0/s1. The number of aliphatic hydroxyl groups excluding tert-OH is 1. The second kappa shape index (κ2) is 9.33. The SMILES string of the molecule is CC1CC(C(=O)NC23CCC(NC(=O)COC4CCC(Cl)C(F)C4)(CC2)[C@@H](O)C3)SN1. The molecule has 1 saturated heterocycles. The highest BCUT2D eigenvalue weighted by Gasteiger charge is 2.55. The Bertz CT molecular complexity index is 694. The van der Waals surface area contributed by atoms with Crippen LogP contribution in [0.15, 0.2) is 0 Å². The molecule has 0 aromatic rings. The maximum Gasteiger partial charge on any atom is 0.246 e. The molecular formula is C21H33ClFN3O4S. The number of rotatable bonds is 6. The van der Waals surface area contributed by atoms with Crippen molar-refractivity contribution in [2.45, 2.75) is 111 Å². The number of carbonyl (C=O) groups is 2. The van der Waals surface area contributed by atoms with Gasteiger partial charge in [0, 0.05) is 18.0 Å². The van der Waals surface area contributed by atoms with Crippen molar-refractivity contribution < 1.29 is 23.8 Å². The van der Waals surface area contributed by atoms with Crippen LogP contribution in [0.5, 0.6) is 0 Å². The van der Waals surface area contributed by atoms with E-state index in [1.807, 2.05) is 0 Å². The van der Waals surface area contributed by atoms with Crippen LogP contribution in [0.4, 0.5) is 4.39 Å². The molecule has 6 atom stereocenters. The van der Waals surface area contributed by atoms with E-state index in [9.17, 15) is 19.1 Å². The van der Waals surface area contributed by atoms with Crippen molar-refractivity contribution in [1.29, 1.82) is 0 Å². The molecule has 10 heteroatoms. The van der Waals surface area contributed by atoms with E-state index in [0.29, 0.717) is 38.1 Å². The minimum Gasteiger partial charge on any atom is -0.391 e. The first-order chi connectivity index (χ1) is 14.7. The molecule has 5 fully saturated rings. The summed E-state index contributed by atoms with van der Waals surface area (Å²) in [6.45, 7) is 1.91. The van der Waals surface area contributed by atoms with Crippen LogP contribution in [0.1, 0.15) is 64.7 Å². The molecule has 4 saturated carbocycles. The number of hydrogen-bond acceptors (Lipinski definition) is 6. The molecule has 2 amide bonds. The number of carbonyl (C=O) groups excluding carboxylic acids is 2. The second-order valence-corrected chi connectivity index (χ2v) is 11.4. The number of hydrogen-bond donors (Lipinski definition) is 4. The van der Waals surface area contributed by atoms with Crippen LogP contribution in [0.25, 0.3) is 0 Å². The molecule has 0 aromatic heterocycles. The fourth-order valence-electron chi connectivity index (χ4n) is 5.48. The Morgan fingerprint density at radius 1 is 1.23 bits per heavy atom. The molecule has 5 unspecified atom stereocenters. The van der Waals surface area contributed by atoms with Gasteiger partial charge in [0.15, 0.2) is 0 Å². The Hall–Kier alpha value is -0.610. The lowest BCUT2D eigenvalue weighted by Crippen LogP contribution is -2.70. The van der Waals surface area contributed by atoms with Crippen molar-refractivity contribution in [2.75, 3.05) is 6.61 Å². The Labute approximate surface area is 192 Å². The maximum absolute atomic E-state index is 13.8. The minimum absolute atomic E-state index is 0.0266. The molecule has 31 heavy (non-hydrogen) atoms. The van der Waals surface area contributed by atoms with Crippen LogP contribution in [-0.4, -0.2) is 69.7 Å². The lowest BCUT2D eigenvalue weighted by atomic mass is 9.60. The van der Waals surface area contributed by atoms with E-state index in [1.165, 1.54) is 11.9 Å². The Kier molecular flexibility index (Phi) is 7.09. The smallest absolute Gasteiger partial charge is 0.246 e. The van der Waals surface area contributed by atoms with Gasteiger partial charge in [0.2, 0.25) is 11.8 Å². The summed E-state index contributed by atoms with van der Waals surface area (Å²) in [6.07, 6.45) is 3.16. The van der Waals surface area contributed by atoms with Gasteiger partial charge in [-0.1, -0.05) is 11.9 Å². The molecule has 7 nitrogen and oxygen atoms in total. The van der Waals surface area contributed by atoms with Crippen LogP contribution >= 0.6 is 23.5 Å². The van der Waals surface area contributed by atoms with E-state index < -0.39 is 28.7 Å². The van der Waals surface area contributed by atoms with Gasteiger partial charge in [-0.05, 0) is 58.3 Å². The molecule has 0 aromatic carbocycles. The number of fused-ring (bicyclic) bond motifs is 3. The molecule has 1 aliphatic heterocycles. The molecule has 176 valence electrons. The summed E-state index contributed by atoms with van der Waals surface area (Å²) in [5.41, 5.74) is -1.08. The lowest BCUT2D eigenvalue weighted by molar-refractivity contribution is -0.140. The average molecular weight is 478 g/mol. The molecule has 1 heterocycles. The number of alkyl halides is 2. The maximum atomic E-state index is 13.8. The highest BCUT2D eigenvalue weighted by atomic mass is 35.5. The Balaban J connectivity index is 1.26. The molecular weight excluding hydrogens is 445 g/mol. The average Bonchev–Trinajstić information content (AvgIpc) is 3.17. The van der Waals surface area contributed by atoms with Gasteiger partial charge >= 0.3 is 0 Å². The van der Waals surface area contributed by atoms with Crippen LogP contribution in [0.2, 0.25) is 0 Å².